The fraction of sp³-hybridized carbons (Fsp3) is 0.462. The van der Waals surface area contributed by atoms with Crippen molar-refractivity contribution in [2.75, 3.05) is 11.4 Å². The predicted molar refractivity (Wildman–Crippen MR) is 73.2 cm³/mol. The molecule has 4 heteroatoms. The summed E-state index contributed by atoms with van der Waals surface area (Å²) in [6.45, 7) is 4.81. The average molecular weight is 297 g/mol. The first-order valence-corrected chi connectivity index (χ1v) is 6.71. The molecule has 2 atom stereocenters. The number of carbonyl (C=O) groups is 1. The van der Waals surface area contributed by atoms with Crippen LogP contribution < -0.4 is 10.2 Å². The van der Waals surface area contributed by atoms with Crippen LogP contribution in [0.4, 0.5) is 5.69 Å². The molecule has 1 N–H and O–H groups in total. The second kappa shape index (κ2) is 5.19. The van der Waals surface area contributed by atoms with Crippen molar-refractivity contribution in [1.82, 2.24) is 5.32 Å². The van der Waals surface area contributed by atoms with E-state index in [2.05, 4.69) is 28.2 Å². The maximum absolute atomic E-state index is 12.3. The molecule has 1 aromatic carbocycles. The van der Waals surface area contributed by atoms with E-state index in [1.54, 1.807) is 0 Å². The van der Waals surface area contributed by atoms with E-state index in [4.69, 9.17) is 0 Å². The topological polar surface area (TPSA) is 32.3 Å². The van der Waals surface area contributed by atoms with Crippen LogP contribution in [0.25, 0.3) is 0 Å². The molecular formula is C13H17BrN2O. The number of anilines is 1. The summed E-state index contributed by atoms with van der Waals surface area (Å²) in [5.74, 6) is 0.140. The third kappa shape index (κ3) is 2.69. The van der Waals surface area contributed by atoms with Crippen LogP contribution in [0, 0.1) is 0 Å². The minimum atomic E-state index is -0.125. The maximum Gasteiger partial charge on any atom is 0.243 e. The van der Waals surface area contributed by atoms with E-state index in [0.29, 0.717) is 6.04 Å². The standard InChI is InChI=1S/C13H17BrN2O/c1-9-7-8-16(13(17)10(2)15-9)12-6-4-3-5-11(12)14/h3-6,9-10,15H,7-8H2,1-2H3. The van der Waals surface area contributed by atoms with Crippen LogP contribution in [0.5, 0.6) is 0 Å². The van der Waals surface area contributed by atoms with Gasteiger partial charge in [-0.05, 0) is 48.3 Å². The van der Waals surface area contributed by atoms with Gasteiger partial charge in [0.2, 0.25) is 5.91 Å². The lowest BCUT2D eigenvalue weighted by Crippen LogP contribution is -2.43. The summed E-state index contributed by atoms with van der Waals surface area (Å²) >= 11 is 3.51. The molecule has 1 saturated heterocycles. The van der Waals surface area contributed by atoms with Crippen LogP contribution in [0.3, 0.4) is 0 Å². The summed E-state index contributed by atoms with van der Waals surface area (Å²) in [7, 11) is 0. The molecule has 1 amide bonds. The molecule has 1 heterocycles. The van der Waals surface area contributed by atoms with Gasteiger partial charge in [0, 0.05) is 17.1 Å². The van der Waals surface area contributed by atoms with Gasteiger partial charge in [-0.1, -0.05) is 12.1 Å². The van der Waals surface area contributed by atoms with Gasteiger partial charge in [-0.3, -0.25) is 4.79 Å². The Labute approximate surface area is 110 Å². The van der Waals surface area contributed by atoms with Crippen molar-refractivity contribution >= 4 is 27.5 Å². The van der Waals surface area contributed by atoms with E-state index in [0.717, 1.165) is 23.1 Å². The third-order valence-electron chi connectivity index (χ3n) is 3.10. The first kappa shape index (κ1) is 12.6. The number of nitrogens with zero attached hydrogens (tertiary/aromatic N) is 1. The highest BCUT2D eigenvalue weighted by Crippen LogP contribution is 2.27. The van der Waals surface area contributed by atoms with Gasteiger partial charge in [-0.25, -0.2) is 0 Å². The summed E-state index contributed by atoms with van der Waals surface area (Å²) in [5, 5.41) is 3.30. The summed E-state index contributed by atoms with van der Waals surface area (Å²) in [4.78, 5) is 14.2. The van der Waals surface area contributed by atoms with E-state index in [-0.39, 0.29) is 11.9 Å². The Balaban J connectivity index is 2.31. The second-order valence-electron chi connectivity index (χ2n) is 4.52. The second-order valence-corrected chi connectivity index (χ2v) is 5.37. The van der Waals surface area contributed by atoms with E-state index >= 15 is 0 Å². The SMILES string of the molecule is CC1CCN(c2ccccc2Br)C(=O)C(C)N1. The van der Waals surface area contributed by atoms with E-state index in [9.17, 15) is 4.79 Å². The van der Waals surface area contributed by atoms with E-state index in [1.807, 2.05) is 36.1 Å². The summed E-state index contributed by atoms with van der Waals surface area (Å²) in [5.41, 5.74) is 0.959. The van der Waals surface area contributed by atoms with Gasteiger partial charge in [-0.2, -0.15) is 0 Å². The minimum Gasteiger partial charge on any atom is -0.310 e. The van der Waals surface area contributed by atoms with Crippen molar-refractivity contribution in [3.8, 4) is 0 Å². The Hall–Kier alpha value is -0.870. The highest BCUT2D eigenvalue weighted by Gasteiger charge is 2.27. The number of carbonyl (C=O) groups excluding carboxylic acids is 1. The molecule has 0 spiro atoms. The first-order valence-electron chi connectivity index (χ1n) is 5.91. The molecule has 0 bridgehead atoms. The van der Waals surface area contributed by atoms with Gasteiger partial charge < -0.3 is 10.2 Å². The van der Waals surface area contributed by atoms with Crippen LogP contribution in [0.2, 0.25) is 0 Å². The molecule has 2 rings (SSSR count). The fourth-order valence-corrected chi connectivity index (χ4v) is 2.66. The average Bonchev–Trinajstić information content (AvgIpc) is 2.41. The molecule has 17 heavy (non-hydrogen) atoms. The molecule has 3 nitrogen and oxygen atoms in total. The molecule has 1 aromatic rings. The molecule has 1 aliphatic heterocycles. The number of rotatable bonds is 1. The van der Waals surface area contributed by atoms with Crippen molar-refractivity contribution < 1.29 is 4.79 Å². The molecule has 1 fully saturated rings. The summed E-state index contributed by atoms with van der Waals surface area (Å²) in [6, 6.07) is 8.11. The number of para-hydroxylation sites is 1. The molecule has 0 aliphatic carbocycles. The number of amides is 1. The lowest BCUT2D eigenvalue weighted by molar-refractivity contribution is -0.119. The van der Waals surface area contributed by atoms with Gasteiger partial charge in [0.1, 0.15) is 0 Å². The fourth-order valence-electron chi connectivity index (χ4n) is 2.16. The number of hydrogen-bond acceptors (Lipinski definition) is 2. The lowest BCUT2D eigenvalue weighted by atomic mass is 10.2. The third-order valence-corrected chi connectivity index (χ3v) is 3.77. The Morgan fingerprint density at radius 2 is 2.06 bits per heavy atom. The number of halogens is 1. The van der Waals surface area contributed by atoms with Crippen molar-refractivity contribution in [2.45, 2.75) is 32.4 Å². The minimum absolute atomic E-state index is 0.125. The Morgan fingerprint density at radius 1 is 1.35 bits per heavy atom. The first-order chi connectivity index (χ1) is 8.09. The summed E-state index contributed by atoms with van der Waals surface area (Å²) in [6.07, 6.45) is 0.970. The van der Waals surface area contributed by atoms with Crippen molar-refractivity contribution in [2.24, 2.45) is 0 Å². The smallest absolute Gasteiger partial charge is 0.243 e. The zero-order valence-electron chi connectivity index (χ0n) is 10.1. The molecular weight excluding hydrogens is 280 g/mol. The molecule has 0 radical (unpaired) electrons. The molecule has 2 unspecified atom stereocenters. The van der Waals surface area contributed by atoms with Gasteiger partial charge >= 0.3 is 0 Å². The maximum atomic E-state index is 12.3. The van der Waals surface area contributed by atoms with Crippen LogP contribution in [-0.2, 0) is 4.79 Å². The van der Waals surface area contributed by atoms with Gasteiger partial charge in [0.25, 0.3) is 0 Å². The molecule has 0 saturated carbocycles. The van der Waals surface area contributed by atoms with Crippen LogP contribution in [0.15, 0.2) is 28.7 Å². The van der Waals surface area contributed by atoms with Gasteiger partial charge in [0.05, 0.1) is 11.7 Å². The van der Waals surface area contributed by atoms with E-state index < -0.39 is 0 Å². The van der Waals surface area contributed by atoms with E-state index in [1.165, 1.54) is 0 Å². The number of benzene rings is 1. The van der Waals surface area contributed by atoms with Crippen molar-refractivity contribution in [3.63, 3.8) is 0 Å². The van der Waals surface area contributed by atoms with Crippen LogP contribution in [0.1, 0.15) is 20.3 Å². The lowest BCUT2D eigenvalue weighted by Gasteiger charge is -2.23. The van der Waals surface area contributed by atoms with Crippen LogP contribution in [-0.4, -0.2) is 24.5 Å². The quantitative estimate of drug-likeness (QED) is 0.864. The number of hydrogen-bond donors (Lipinski definition) is 1. The zero-order chi connectivity index (χ0) is 12.4. The van der Waals surface area contributed by atoms with Gasteiger partial charge in [-0.15, -0.1) is 0 Å². The largest absolute Gasteiger partial charge is 0.310 e. The Bertz CT molecular complexity index is 422. The Morgan fingerprint density at radius 3 is 2.76 bits per heavy atom. The van der Waals surface area contributed by atoms with Crippen LogP contribution >= 0.6 is 15.9 Å². The van der Waals surface area contributed by atoms with Crippen molar-refractivity contribution in [3.05, 3.63) is 28.7 Å². The normalized spacial score (nSPS) is 25.8. The Kier molecular flexibility index (Phi) is 3.84. The molecule has 0 aromatic heterocycles. The van der Waals surface area contributed by atoms with Crippen molar-refractivity contribution in [1.29, 1.82) is 0 Å². The monoisotopic (exact) mass is 296 g/mol. The molecule has 1 aliphatic rings. The zero-order valence-corrected chi connectivity index (χ0v) is 11.7. The highest BCUT2D eigenvalue weighted by molar-refractivity contribution is 9.10. The summed E-state index contributed by atoms with van der Waals surface area (Å²) < 4.78 is 0.968. The molecule has 92 valence electrons. The highest BCUT2D eigenvalue weighted by atomic mass is 79.9. The van der Waals surface area contributed by atoms with Gasteiger partial charge in [0.15, 0.2) is 0 Å². The number of nitrogens with one attached hydrogen (secondary N) is 1. The predicted octanol–water partition coefficient (Wildman–Crippen LogP) is 2.55.